The van der Waals surface area contributed by atoms with Gasteiger partial charge >= 0.3 is 6.01 Å². The van der Waals surface area contributed by atoms with Gasteiger partial charge < -0.3 is 21.0 Å². The highest BCUT2D eigenvalue weighted by Crippen LogP contribution is 2.29. The van der Waals surface area contributed by atoms with Crippen molar-refractivity contribution in [3.05, 3.63) is 35.1 Å². The summed E-state index contributed by atoms with van der Waals surface area (Å²) in [4.78, 5) is 23.0. The van der Waals surface area contributed by atoms with Crippen LogP contribution >= 0.6 is 11.3 Å². The Labute approximate surface area is 160 Å². The maximum absolute atomic E-state index is 5.78. The van der Waals surface area contributed by atoms with Gasteiger partial charge in [0.05, 0.1) is 22.9 Å². The van der Waals surface area contributed by atoms with Gasteiger partial charge in [0, 0.05) is 18.0 Å². The number of oxime groups is 1. The smallest absolute Gasteiger partial charge is 0.351 e. The number of pyridine rings is 1. The highest BCUT2D eigenvalue weighted by Gasteiger charge is 2.14. The highest BCUT2D eigenvalue weighted by atomic mass is 32.1. The Hall–Kier alpha value is -3.27. The van der Waals surface area contributed by atoms with E-state index in [9.17, 15) is 0 Å². The van der Waals surface area contributed by atoms with E-state index in [1.54, 1.807) is 12.4 Å². The zero-order valence-corrected chi connectivity index (χ0v) is 15.9. The molecule has 3 rings (SSSR count). The largest absolute Gasteiger partial charge is 0.476 e. The molecule has 0 aliphatic heterocycles. The fourth-order valence-electron chi connectivity index (χ4n) is 2.23. The molecule has 0 spiro atoms. The van der Waals surface area contributed by atoms with Crippen molar-refractivity contribution in [1.29, 1.82) is 0 Å². The molecule has 140 valence electrons. The lowest BCUT2D eigenvalue weighted by Gasteiger charge is -2.08. The minimum Gasteiger partial charge on any atom is -0.476 e. The van der Waals surface area contributed by atoms with Crippen LogP contribution in [0.5, 0.6) is 11.9 Å². The van der Waals surface area contributed by atoms with E-state index in [0.717, 1.165) is 21.1 Å². The van der Waals surface area contributed by atoms with E-state index in [4.69, 9.17) is 21.0 Å². The molecule has 4 N–H and O–H groups in total. The number of aromatic nitrogens is 4. The molecule has 9 nitrogen and oxygen atoms in total. The molecule has 27 heavy (non-hydrogen) atoms. The number of nitrogens with zero attached hydrogens (tertiary/aromatic N) is 5. The van der Waals surface area contributed by atoms with Crippen molar-refractivity contribution in [2.45, 2.75) is 20.8 Å². The predicted molar refractivity (Wildman–Crippen MR) is 105 cm³/mol. The fraction of sp³-hybridized carbons (Fsp3) is 0.235. The summed E-state index contributed by atoms with van der Waals surface area (Å²) in [6, 6.07) is 3.78. The van der Waals surface area contributed by atoms with Crippen molar-refractivity contribution >= 4 is 28.6 Å². The van der Waals surface area contributed by atoms with E-state index in [1.807, 2.05) is 32.9 Å². The van der Waals surface area contributed by atoms with Crippen LogP contribution in [0.1, 0.15) is 24.4 Å². The Bertz CT molecular complexity index is 973. The van der Waals surface area contributed by atoms with Gasteiger partial charge in [-0.05, 0) is 32.9 Å². The Morgan fingerprint density at radius 1 is 1.26 bits per heavy atom. The molecular formula is C17H19N7O2S. The van der Waals surface area contributed by atoms with E-state index in [0.29, 0.717) is 12.3 Å². The van der Waals surface area contributed by atoms with Crippen LogP contribution in [0.3, 0.4) is 0 Å². The molecule has 0 saturated heterocycles. The van der Waals surface area contributed by atoms with Crippen LogP contribution in [0.25, 0.3) is 10.6 Å². The first-order valence-electron chi connectivity index (χ1n) is 8.15. The second-order valence-electron chi connectivity index (χ2n) is 5.49. The number of thiazole rings is 1. The van der Waals surface area contributed by atoms with Gasteiger partial charge in [-0.2, -0.15) is 9.97 Å². The fourth-order valence-corrected chi connectivity index (χ4v) is 3.22. The number of hydrogen-bond acceptors (Lipinski definition) is 10. The van der Waals surface area contributed by atoms with E-state index < -0.39 is 0 Å². The minimum absolute atomic E-state index is 0.0425. The number of rotatable bonds is 6. The molecule has 10 heteroatoms. The second-order valence-corrected chi connectivity index (χ2v) is 6.49. The number of hydrogen-bond donors (Lipinski definition) is 2. The summed E-state index contributed by atoms with van der Waals surface area (Å²) >= 11 is 1.50. The van der Waals surface area contributed by atoms with Crippen molar-refractivity contribution in [3.63, 3.8) is 0 Å². The molecule has 0 amide bonds. The van der Waals surface area contributed by atoms with Crippen molar-refractivity contribution in [2.24, 2.45) is 5.16 Å². The predicted octanol–water partition coefficient (Wildman–Crippen LogP) is 2.67. The molecule has 0 aliphatic rings. The molecule has 0 aromatic carbocycles. The zero-order valence-electron chi connectivity index (χ0n) is 15.1. The first kappa shape index (κ1) is 18.5. The van der Waals surface area contributed by atoms with E-state index >= 15 is 0 Å². The lowest BCUT2D eigenvalue weighted by molar-refractivity contribution is 0.290. The summed E-state index contributed by atoms with van der Waals surface area (Å²) < 4.78 is 5.32. The third-order valence-electron chi connectivity index (χ3n) is 3.50. The molecule has 0 atom stereocenters. The van der Waals surface area contributed by atoms with Gasteiger partial charge in [-0.15, -0.1) is 11.3 Å². The van der Waals surface area contributed by atoms with Crippen molar-refractivity contribution in [2.75, 3.05) is 18.1 Å². The van der Waals surface area contributed by atoms with E-state index in [-0.39, 0.29) is 23.4 Å². The Morgan fingerprint density at radius 2 is 2.07 bits per heavy atom. The molecule has 0 fully saturated rings. The van der Waals surface area contributed by atoms with Crippen LogP contribution in [-0.4, -0.2) is 32.3 Å². The van der Waals surface area contributed by atoms with E-state index in [2.05, 4.69) is 25.1 Å². The van der Waals surface area contributed by atoms with Gasteiger partial charge in [0.1, 0.15) is 10.7 Å². The standard InChI is InChI=1S/C17H19N7O2S/c1-4-25-15-12(18)14(19)22-17(23-15)26-24-10(3)13-9(2)21-16(27-13)11-6-5-7-20-8-11/h5-8H,4,18H2,1-3H3,(H2,19,22,23)/b24-10+. The average Bonchev–Trinajstić information content (AvgIpc) is 3.06. The Balaban J connectivity index is 1.84. The maximum atomic E-state index is 5.78. The molecule has 0 unspecified atom stereocenters. The van der Waals surface area contributed by atoms with Crippen LogP contribution in [-0.2, 0) is 0 Å². The SMILES string of the molecule is CCOc1nc(O/N=C(\C)c2sc(-c3cccnc3)nc2C)nc(N)c1N. The lowest BCUT2D eigenvalue weighted by Crippen LogP contribution is -2.07. The van der Waals surface area contributed by atoms with Gasteiger partial charge in [0.15, 0.2) is 5.82 Å². The topological polar surface area (TPSA) is 134 Å². The van der Waals surface area contributed by atoms with Crippen LogP contribution in [0, 0.1) is 6.92 Å². The summed E-state index contributed by atoms with van der Waals surface area (Å²) in [5.74, 6) is 0.241. The summed E-state index contributed by atoms with van der Waals surface area (Å²) in [5, 5.41) is 4.96. The summed E-state index contributed by atoms with van der Waals surface area (Å²) in [6.45, 7) is 5.93. The zero-order chi connectivity index (χ0) is 19.4. The lowest BCUT2D eigenvalue weighted by atomic mass is 10.3. The molecule has 0 radical (unpaired) electrons. The quantitative estimate of drug-likeness (QED) is 0.488. The van der Waals surface area contributed by atoms with Crippen molar-refractivity contribution < 1.29 is 9.57 Å². The minimum atomic E-state index is -0.0425. The van der Waals surface area contributed by atoms with Gasteiger partial charge in [-0.1, -0.05) is 5.16 Å². The molecule has 0 saturated carbocycles. The third-order valence-corrected chi connectivity index (χ3v) is 4.81. The molecular weight excluding hydrogens is 366 g/mol. The summed E-state index contributed by atoms with van der Waals surface area (Å²) in [6.07, 6.45) is 3.49. The Morgan fingerprint density at radius 3 is 2.78 bits per heavy atom. The van der Waals surface area contributed by atoms with Gasteiger partial charge in [0.2, 0.25) is 5.88 Å². The molecule has 3 aromatic heterocycles. The molecule has 3 heterocycles. The second kappa shape index (κ2) is 7.96. The maximum Gasteiger partial charge on any atom is 0.351 e. The average molecular weight is 385 g/mol. The normalized spacial score (nSPS) is 11.4. The van der Waals surface area contributed by atoms with Gasteiger partial charge in [0.25, 0.3) is 0 Å². The third kappa shape index (κ3) is 4.11. The Kier molecular flexibility index (Phi) is 5.46. The molecule has 0 bridgehead atoms. The summed E-state index contributed by atoms with van der Waals surface area (Å²) in [5.41, 5.74) is 14.1. The van der Waals surface area contributed by atoms with E-state index in [1.165, 1.54) is 11.3 Å². The van der Waals surface area contributed by atoms with Gasteiger partial charge in [-0.25, -0.2) is 4.98 Å². The van der Waals surface area contributed by atoms with Gasteiger partial charge in [-0.3, -0.25) is 4.98 Å². The number of ether oxygens (including phenoxy) is 1. The first-order valence-corrected chi connectivity index (χ1v) is 8.96. The molecule has 3 aromatic rings. The monoisotopic (exact) mass is 385 g/mol. The summed E-state index contributed by atoms with van der Waals surface area (Å²) in [7, 11) is 0. The van der Waals surface area contributed by atoms with Crippen LogP contribution in [0.15, 0.2) is 29.7 Å². The van der Waals surface area contributed by atoms with Crippen LogP contribution in [0.2, 0.25) is 0 Å². The number of nitrogen functional groups attached to an aromatic ring is 2. The number of anilines is 2. The first-order chi connectivity index (χ1) is 13.0. The van der Waals surface area contributed by atoms with Crippen molar-refractivity contribution in [1.82, 2.24) is 19.9 Å². The van der Waals surface area contributed by atoms with Crippen LogP contribution < -0.4 is 21.0 Å². The van der Waals surface area contributed by atoms with Crippen LogP contribution in [0.4, 0.5) is 11.5 Å². The number of aryl methyl sites for hydroxylation is 1. The highest BCUT2D eigenvalue weighted by molar-refractivity contribution is 7.17. The van der Waals surface area contributed by atoms with Crippen molar-refractivity contribution in [3.8, 4) is 22.5 Å². The number of nitrogens with two attached hydrogens (primary N) is 2. The molecule has 0 aliphatic carbocycles.